The fraction of sp³-hybridized carbons (Fsp3) is 0.357. The van der Waals surface area contributed by atoms with E-state index >= 15 is 0 Å². The number of nitrogens with zero attached hydrogens (tertiary/aromatic N) is 3. The van der Waals surface area contributed by atoms with Gasteiger partial charge < -0.3 is 5.32 Å². The van der Waals surface area contributed by atoms with Crippen molar-refractivity contribution in [2.24, 2.45) is 0 Å². The fourth-order valence-electron chi connectivity index (χ4n) is 2.01. The van der Waals surface area contributed by atoms with Gasteiger partial charge in [0.1, 0.15) is 5.69 Å². The van der Waals surface area contributed by atoms with Gasteiger partial charge in [0.2, 0.25) is 0 Å². The van der Waals surface area contributed by atoms with Crippen molar-refractivity contribution >= 4 is 11.6 Å². The van der Waals surface area contributed by atoms with Crippen LogP contribution in [0.15, 0.2) is 18.3 Å². The molecule has 0 aliphatic heterocycles. The van der Waals surface area contributed by atoms with Crippen molar-refractivity contribution in [3.63, 3.8) is 0 Å². The van der Waals surface area contributed by atoms with Gasteiger partial charge in [0.25, 0.3) is 0 Å². The van der Waals surface area contributed by atoms with Crippen LogP contribution in [0.25, 0.3) is 11.5 Å². The number of halogens is 1. The highest BCUT2D eigenvalue weighted by Gasteiger charge is 2.12. The van der Waals surface area contributed by atoms with Crippen LogP contribution >= 0.6 is 11.6 Å². The Morgan fingerprint density at radius 2 is 1.89 bits per heavy atom. The number of nitrogens with one attached hydrogen (secondary N) is 1. The van der Waals surface area contributed by atoms with E-state index in [1.54, 1.807) is 18.3 Å². The van der Waals surface area contributed by atoms with E-state index in [9.17, 15) is 0 Å². The summed E-state index contributed by atoms with van der Waals surface area (Å²) in [7, 11) is 1.94. The summed E-state index contributed by atoms with van der Waals surface area (Å²) in [6.07, 6.45) is 2.62. The molecule has 0 aliphatic carbocycles. The van der Waals surface area contributed by atoms with Gasteiger partial charge >= 0.3 is 0 Å². The predicted molar refractivity (Wildman–Crippen MR) is 77.4 cm³/mol. The molecule has 2 rings (SSSR count). The van der Waals surface area contributed by atoms with Crippen LogP contribution in [0, 0.1) is 13.8 Å². The zero-order valence-electron chi connectivity index (χ0n) is 11.4. The molecule has 19 heavy (non-hydrogen) atoms. The predicted octanol–water partition coefficient (Wildman–Crippen LogP) is 2.57. The summed E-state index contributed by atoms with van der Waals surface area (Å²) in [5.41, 5.74) is 3.79. The van der Waals surface area contributed by atoms with Gasteiger partial charge in [-0.05, 0) is 51.6 Å². The average molecular weight is 277 g/mol. The molecule has 0 saturated heterocycles. The van der Waals surface area contributed by atoms with E-state index in [4.69, 9.17) is 11.6 Å². The molecule has 0 bridgehead atoms. The van der Waals surface area contributed by atoms with Crippen molar-refractivity contribution in [3.05, 3.63) is 40.3 Å². The molecule has 0 aliphatic rings. The van der Waals surface area contributed by atoms with E-state index in [0.717, 1.165) is 24.4 Å². The normalized spacial score (nSPS) is 10.7. The summed E-state index contributed by atoms with van der Waals surface area (Å²) in [5.74, 6) is 0.591. The van der Waals surface area contributed by atoms with Crippen LogP contribution in [0.2, 0.25) is 5.02 Å². The van der Waals surface area contributed by atoms with E-state index in [-0.39, 0.29) is 0 Å². The zero-order chi connectivity index (χ0) is 13.8. The van der Waals surface area contributed by atoms with Crippen molar-refractivity contribution in [2.45, 2.75) is 20.3 Å². The summed E-state index contributed by atoms with van der Waals surface area (Å²) >= 11 is 6.13. The maximum Gasteiger partial charge on any atom is 0.180 e. The first-order valence-electron chi connectivity index (χ1n) is 6.23. The highest BCUT2D eigenvalue weighted by molar-refractivity contribution is 6.32. The van der Waals surface area contributed by atoms with E-state index < -0.39 is 0 Å². The molecule has 0 unspecified atom stereocenters. The number of aryl methyl sites for hydroxylation is 2. The Labute approximate surface area is 118 Å². The summed E-state index contributed by atoms with van der Waals surface area (Å²) in [6, 6.07) is 3.60. The molecular formula is C14H17ClN4. The summed E-state index contributed by atoms with van der Waals surface area (Å²) in [4.78, 5) is 13.3. The third-order valence-corrected chi connectivity index (χ3v) is 3.32. The van der Waals surface area contributed by atoms with Gasteiger partial charge in [-0.3, -0.25) is 4.98 Å². The van der Waals surface area contributed by atoms with E-state index in [1.807, 2.05) is 20.9 Å². The molecule has 0 amide bonds. The molecule has 2 aromatic heterocycles. The molecule has 4 nitrogen and oxygen atoms in total. The van der Waals surface area contributed by atoms with E-state index in [0.29, 0.717) is 16.5 Å². The number of likely N-dealkylation sites (N-methyl/N-ethyl adjacent to an activating group) is 1. The second kappa shape index (κ2) is 6.08. The van der Waals surface area contributed by atoms with Crippen LogP contribution in [-0.4, -0.2) is 28.5 Å². The van der Waals surface area contributed by atoms with Crippen molar-refractivity contribution in [3.8, 4) is 11.5 Å². The molecule has 2 aromatic rings. The summed E-state index contributed by atoms with van der Waals surface area (Å²) in [5, 5.41) is 3.71. The largest absolute Gasteiger partial charge is 0.319 e. The van der Waals surface area contributed by atoms with Crippen LogP contribution in [0.4, 0.5) is 0 Å². The smallest absolute Gasteiger partial charge is 0.180 e. The molecule has 0 radical (unpaired) electrons. The summed E-state index contributed by atoms with van der Waals surface area (Å²) < 4.78 is 0. The van der Waals surface area contributed by atoms with Gasteiger partial charge in [-0.2, -0.15) is 0 Å². The lowest BCUT2D eigenvalue weighted by molar-refractivity contribution is 0.774. The minimum atomic E-state index is 0.573. The third kappa shape index (κ3) is 3.08. The number of hydrogen-bond acceptors (Lipinski definition) is 4. The summed E-state index contributed by atoms with van der Waals surface area (Å²) in [6.45, 7) is 4.91. The van der Waals surface area contributed by atoms with E-state index in [2.05, 4.69) is 20.3 Å². The lowest BCUT2D eigenvalue weighted by atomic mass is 10.1. The van der Waals surface area contributed by atoms with Crippen LogP contribution in [0.3, 0.4) is 0 Å². The van der Waals surface area contributed by atoms with Gasteiger partial charge in [0, 0.05) is 17.6 Å². The van der Waals surface area contributed by atoms with Gasteiger partial charge in [0.15, 0.2) is 5.82 Å². The number of rotatable bonds is 4. The number of pyridine rings is 1. The molecule has 0 fully saturated rings. The number of aromatic nitrogens is 3. The second-order valence-corrected chi connectivity index (χ2v) is 4.79. The van der Waals surface area contributed by atoms with Crippen LogP contribution in [0.1, 0.15) is 17.0 Å². The van der Waals surface area contributed by atoms with Crippen LogP contribution in [-0.2, 0) is 6.42 Å². The van der Waals surface area contributed by atoms with Crippen molar-refractivity contribution < 1.29 is 0 Å². The number of hydrogen-bond donors (Lipinski definition) is 1. The molecule has 1 N–H and O–H groups in total. The molecular weight excluding hydrogens is 260 g/mol. The van der Waals surface area contributed by atoms with Gasteiger partial charge in [-0.15, -0.1) is 0 Å². The Balaban J connectivity index is 2.43. The SMILES string of the molecule is CNCCc1c(C)nc(-c2ncccc2Cl)nc1C. The molecule has 0 atom stereocenters. The Hall–Kier alpha value is -1.52. The fourth-order valence-corrected chi connectivity index (χ4v) is 2.21. The van der Waals surface area contributed by atoms with Gasteiger partial charge in [-0.1, -0.05) is 11.6 Å². The lowest BCUT2D eigenvalue weighted by Gasteiger charge is -2.11. The Kier molecular flexibility index (Phi) is 4.45. The molecule has 100 valence electrons. The Bertz CT molecular complexity index is 560. The molecule has 2 heterocycles. The first-order chi connectivity index (χ1) is 9.13. The third-order valence-electron chi connectivity index (χ3n) is 3.02. The average Bonchev–Trinajstić information content (AvgIpc) is 2.38. The monoisotopic (exact) mass is 276 g/mol. The topological polar surface area (TPSA) is 50.7 Å². The highest BCUT2D eigenvalue weighted by atomic mass is 35.5. The molecule has 0 saturated carbocycles. The van der Waals surface area contributed by atoms with Crippen LogP contribution in [0.5, 0.6) is 0 Å². The van der Waals surface area contributed by atoms with Crippen molar-refractivity contribution in [1.29, 1.82) is 0 Å². The minimum Gasteiger partial charge on any atom is -0.319 e. The van der Waals surface area contributed by atoms with Gasteiger partial charge in [0.05, 0.1) is 5.02 Å². The maximum atomic E-state index is 6.13. The van der Waals surface area contributed by atoms with Crippen molar-refractivity contribution in [2.75, 3.05) is 13.6 Å². The molecule has 0 spiro atoms. The van der Waals surface area contributed by atoms with E-state index in [1.165, 1.54) is 5.56 Å². The standard InChI is InChI=1S/C14H17ClN4/c1-9-11(6-8-16-3)10(2)19-14(18-9)13-12(15)5-4-7-17-13/h4-5,7,16H,6,8H2,1-3H3. The zero-order valence-corrected chi connectivity index (χ0v) is 12.1. The first-order valence-corrected chi connectivity index (χ1v) is 6.61. The maximum absolute atomic E-state index is 6.13. The Morgan fingerprint density at radius 3 is 2.47 bits per heavy atom. The quantitative estimate of drug-likeness (QED) is 0.932. The minimum absolute atomic E-state index is 0.573. The highest BCUT2D eigenvalue weighted by Crippen LogP contribution is 2.23. The van der Waals surface area contributed by atoms with Gasteiger partial charge in [-0.25, -0.2) is 9.97 Å². The molecule has 0 aromatic carbocycles. The van der Waals surface area contributed by atoms with Crippen molar-refractivity contribution in [1.82, 2.24) is 20.3 Å². The molecule has 5 heteroatoms. The second-order valence-electron chi connectivity index (χ2n) is 4.38. The first kappa shape index (κ1) is 13.9. The Morgan fingerprint density at radius 1 is 1.21 bits per heavy atom. The lowest BCUT2D eigenvalue weighted by Crippen LogP contribution is -2.13. The van der Waals surface area contributed by atoms with Crippen LogP contribution < -0.4 is 5.32 Å².